The van der Waals surface area contributed by atoms with Crippen molar-refractivity contribution in [3.05, 3.63) is 41.9 Å². The molecule has 11 nitrogen and oxygen atoms in total. The summed E-state index contributed by atoms with van der Waals surface area (Å²) in [7, 11) is -2.51. The second-order valence-electron chi connectivity index (χ2n) is 10.8. The van der Waals surface area contributed by atoms with E-state index in [2.05, 4.69) is 54.4 Å². The Kier molecular flexibility index (Phi) is 8.51. The largest absolute Gasteiger partial charge is 0.476 e. The summed E-state index contributed by atoms with van der Waals surface area (Å²) < 4.78 is 36.9. The second kappa shape index (κ2) is 11.0. The molecule has 0 aromatic carbocycles. The molecule has 1 amide bonds. The molecule has 1 N–H and O–H groups in total. The molecular weight excluding hydrogens is 526 g/mol. The highest BCUT2D eigenvalue weighted by Gasteiger charge is 2.39. The van der Waals surface area contributed by atoms with E-state index in [-0.39, 0.29) is 29.5 Å². The van der Waals surface area contributed by atoms with Gasteiger partial charge in [-0.2, -0.15) is 18.6 Å². The first-order chi connectivity index (χ1) is 17.3. The van der Waals surface area contributed by atoms with E-state index < -0.39 is 15.9 Å². The van der Waals surface area contributed by atoms with Gasteiger partial charge in [-0.1, -0.05) is 20.8 Å². The van der Waals surface area contributed by atoms with Gasteiger partial charge in [-0.15, -0.1) is 5.10 Å². The van der Waals surface area contributed by atoms with Gasteiger partial charge in [0.05, 0.1) is 17.9 Å². The molecule has 13 heteroatoms. The van der Waals surface area contributed by atoms with Crippen molar-refractivity contribution in [2.75, 3.05) is 18.1 Å². The Hall–Kier alpha value is -3.06. The lowest BCUT2D eigenvalue weighted by molar-refractivity contribution is 0.0981. The number of nitrogens with one attached hydrogen (secondary N) is 1. The summed E-state index contributed by atoms with van der Waals surface area (Å²) in [6.07, 6.45) is 4.02. The molecule has 0 saturated carbocycles. The van der Waals surface area contributed by atoms with E-state index in [1.54, 1.807) is 43.0 Å². The topological polar surface area (TPSA) is 124 Å². The third-order valence-electron chi connectivity index (χ3n) is 6.28. The maximum Gasteiger partial charge on any atom is 0.268 e. The summed E-state index contributed by atoms with van der Waals surface area (Å²) >= 11 is 0. The first kappa shape index (κ1) is 29.5. The van der Waals surface area contributed by atoms with Gasteiger partial charge in [0.15, 0.2) is 5.82 Å². The van der Waals surface area contributed by atoms with Crippen molar-refractivity contribution in [3.63, 3.8) is 0 Å². The molecule has 1 saturated heterocycles. The fraction of sp³-hybridized carbons (Fsp3) is 0.520. The number of pyridine rings is 1. The Bertz CT molecular complexity index is 1410. The van der Waals surface area contributed by atoms with Crippen molar-refractivity contribution in [2.24, 2.45) is 18.9 Å². The number of carbonyl (C=O) groups excluding carboxylic acids is 1. The summed E-state index contributed by atoms with van der Waals surface area (Å²) in [5, 5.41) is 8.55. The van der Waals surface area contributed by atoms with Gasteiger partial charge in [-0.25, -0.2) is 22.8 Å². The van der Waals surface area contributed by atoms with Crippen LogP contribution in [0.5, 0.6) is 5.88 Å². The summed E-state index contributed by atoms with van der Waals surface area (Å²) in [6, 6.07) is 5.00. The Balaban J connectivity index is 0.00000400. The number of carbonyl (C=O) groups is 1. The summed E-state index contributed by atoms with van der Waals surface area (Å²) in [4.78, 5) is 20.2. The molecule has 3 aromatic heterocycles. The van der Waals surface area contributed by atoms with Crippen LogP contribution in [0.2, 0.25) is 0 Å². The molecule has 38 heavy (non-hydrogen) atoms. The first-order valence-corrected chi connectivity index (χ1v) is 13.8. The van der Waals surface area contributed by atoms with Gasteiger partial charge in [0.1, 0.15) is 10.7 Å². The second-order valence-corrected chi connectivity index (χ2v) is 12.4. The summed E-state index contributed by atoms with van der Waals surface area (Å²) in [6.45, 7) is 13.2. The number of rotatable bonds is 8. The first-order valence-electron chi connectivity index (χ1n) is 12.3. The van der Waals surface area contributed by atoms with Crippen LogP contribution >= 0.6 is 13.5 Å². The van der Waals surface area contributed by atoms with Crippen LogP contribution in [0.1, 0.15) is 57.1 Å². The molecule has 0 unspecified atom stereocenters. The van der Waals surface area contributed by atoms with Gasteiger partial charge in [0.25, 0.3) is 15.9 Å². The molecule has 3 aromatic rings. The fourth-order valence-corrected chi connectivity index (χ4v) is 5.93. The van der Waals surface area contributed by atoms with E-state index in [1.165, 1.54) is 10.9 Å². The molecule has 0 spiro atoms. The third-order valence-corrected chi connectivity index (χ3v) is 7.72. The van der Waals surface area contributed by atoms with Gasteiger partial charge < -0.3 is 9.64 Å². The molecule has 1 fully saturated rings. The zero-order valence-corrected chi connectivity index (χ0v) is 24.7. The lowest BCUT2D eigenvalue weighted by Gasteiger charge is -2.34. The number of amides is 1. The van der Waals surface area contributed by atoms with Crippen LogP contribution < -0.4 is 14.4 Å². The minimum Gasteiger partial charge on any atom is -0.476 e. The number of aryl methyl sites for hydroxylation is 2. The van der Waals surface area contributed by atoms with Crippen molar-refractivity contribution in [3.8, 4) is 11.7 Å². The minimum atomic E-state index is -4.13. The quantitative estimate of drug-likeness (QED) is 0.443. The Morgan fingerprint density at radius 1 is 1.24 bits per heavy atom. The third kappa shape index (κ3) is 6.15. The number of hydrogen-bond donors (Lipinski definition) is 1. The Morgan fingerprint density at radius 3 is 2.53 bits per heavy atom. The standard InChI is InChI=1S/C25H35N7O4S.H2S/c1-16(2)15-36-22-10-11-32(28-22)21-9-8-19(23(26-21)31-13-17(3)12-25(31,5)6)24(33)29-37(34,35)20-14-30(7)27-18(20)4;/h8-11,14,16-17H,12-13,15H2,1-7H3,(H,29,33);1H2/t17-;/m0./s1. The van der Waals surface area contributed by atoms with E-state index in [0.29, 0.717) is 48.2 Å². The average Bonchev–Trinajstić information content (AvgIpc) is 3.48. The highest BCUT2D eigenvalue weighted by Crippen LogP contribution is 2.37. The molecule has 0 radical (unpaired) electrons. The number of hydrogen-bond acceptors (Lipinski definition) is 8. The highest BCUT2D eigenvalue weighted by atomic mass is 32.2. The average molecular weight is 564 g/mol. The maximum absolute atomic E-state index is 13.4. The number of sulfonamides is 1. The van der Waals surface area contributed by atoms with E-state index in [9.17, 15) is 13.2 Å². The molecule has 208 valence electrons. The van der Waals surface area contributed by atoms with Crippen LogP contribution in [0.15, 0.2) is 35.5 Å². The van der Waals surface area contributed by atoms with Gasteiger partial charge in [0.2, 0.25) is 5.88 Å². The molecule has 4 rings (SSSR count). The SMILES string of the molecule is Cc1nn(C)cc1S(=O)(=O)NC(=O)c1ccc(-n2ccc(OCC(C)C)n2)nc1N1C[C@@H](C)CC1(C)C.S. The molecule has 1 atom stereocenters. The molecule has 1 aliphatic rings. The van der Waals surface area contributed by atoms with Crippen molar-refractivity contribution in [1.82, 2.24) is 29.3 Å². The van der Waals surface area contributed by atoms with Gasteiger partial charge >= 0.3 is 0 Å². The fourth-order valence-electron chi connectivity index (χ4n) is 4.75. The van der Waals surface area contributed by atoms with Crippen LogP contribution in [-0.4, -0.2) is 57.6 Å². The Labute approximate surface area is 231 Å². The van der Waals surface area contributed by atoms with E-state index in [4.69, 9.17) is 9.72 Å². The molecule has 1 aliphatic heterocycles. The van der Waals surface area contributed by atoms with Gasteiger partial charge in [0, 0.05) is 37.6 Å². The van der Waals surface area contributed by atoms with Gasteiger partial charge in [-0.05, 0) is 51.2 Å². The maximum atomic E-state index is 13.4. The smallest absolute Gasteiger partial charge is 0.268 e. The normalized spacial score (nSPS) is 16.9. The predicted octanol–water partition coefficient (Wildman–Crippen LogP) is 3.20. The Morgan fingerprint density at radius 2 is 1.95 bits per heavy atom. The monoisotopic (exact) mass is 563 g/mol. The molecule has 4 heterocycles. The van der Waals surface area contributed by atoms with Crippen molar-refractivity contribution in [1.29, 1.82) is 0 Å². The molecular formula is C25H37N7O4S2. The number of aromatic nitrogens is 5. The van der Waals surface area contributed by atoms with Crippen molar-refractivity contribution in [2.45, 2.75) is 58.4 Å². The zero-order chi connectivity index (χ0) is 27.1. The summed E-state index contributed by atoms with van der Waals surface area (Å²) in [5.74, 6) is 1.36. The van der Waals surface area contributed by atoms with Gasteiger partial charge in [-0.3, -0.25) is 9.48 Å². The van der Waals surface area contributed by atoms with Crippen LogP contribution in [-0.2, 0) is 17.1 Å². The van der Waals surface area contributed by atoms with E-state index >= 15 is 0 Å². The predicted molar refractivity (Wildman–Crippen MR) is 150 cm³/mol. The van der Waals surface area contributed by atoms with Crippen molar-refractivity contribution < 1.29 is 17.9 Å². The zero-order valence-electron chi connectivity index (χ0n) is 22.9. The van der Waals surface area contributed by atoms with E-state index in [0.717, 1.165) is 6.42 Å². The van der Waals surface area contributed by atoms with Crippen LogP contribution in [0.25, 0.3) is 5.82 Å². The van der Waals surface area contributed by atoms with Crippen LogP contribution in [0, 0.1) is 18.8 Å². The molecule has 0 bridgehead atoms. The minimum absolute atomic E-state index is 0. The van der Waals surface area contributed by atoms with Crippen LogP contribution in [0.3, 0.4) is 0 Å². The lowest BCUT2D eigenvalue weighted by Crippen LogP contribution is -2.41. The number of ether oxygens (including phenoxy) is 1. The highest BCUT2D eigenvalue weighted by molar-refractivity contribution is 7.90. The molecule has 0 aliphatic carbocycles. The van der Waals surface area contributed by atoms with Crippen molar-refractivity contribution >= 4 is 35.2 Å². The van der Waals surface area contributed by atoms with E-state index in [1.807, 2.05) is 0 Å². The number of anilines is 1. The number of nitrogens with zero attached hydrogens (tertiary/aromatic N) is 6. The van der Waals surface area contributed by atoms with Crippen LogP contribution in [0.4, 0.5) is 5.82 Å². The lowest BCUT2D eigenvalue weighted by atomic mass is 9.97. The summed E-state index contributed by atoms with van der Waals surface area (Å²) in [5.41, 5.74) is 0.189.